The number of hydrogen-bond acceptors (Lipinski definition) is 6. The number of rotatable bonds is 16. The molecule has 12 heteroatoms. The van der Waals surface area contributed by atoms with Gasteiger partial charge in [0, 0.05) is 73.2 Å². The molecule has 3 aliphatic rings. The summed E-state index contributed by atoms with van der Waals surface area (Å²) in [4.78, 5) is 4.38. The Balaban J connectivity index is 0.726. The SMILES string of the molecule is C=Cc1ccc(Oc2ccc(C3(c4cc(F)c(F)c(F)c4)c4ccccc4-c4ccc(N(c5ccc6c(c5)C(C)(C)c5cc(N(c7ccc8c(c7)C(c7ccc(Oc9ccc(C=C)cc9)cc7)(c7cc(F)c(F)c(F)c7)c7ccccc7-8)c7ccc8c(c7)oc7ccccc78)ccc5-6)c5ccc6c(c5)oc5ccccc56)cc43)cc2)cc1. The maximum Gasteiger partial charge on any atom is 0.194 e. The lowest BCUT2D eigenvalue weighted by Crippen LogP contribution is -2.29. The minimum absolute atomic E-state index is 0.184. The Morgan fingerprint density at radius 3 is 0.932 bits per heavy atom. The number of fused-ring (bicyclic) bond motifs is 15. The Hall–Kier alpha value is -14.6. The van der Waals surface area contributed by atoms with Crippen LogP contribution in [0.4, 0.5) is 60.5 Å². The number of para-hydroxylation sites is 2. The molecule has 117 heavy (non-hydrogen) atoms. The number of furan rings is 2. The van der Waals surface area contributed by atoms with E-state index in [1.807, 2.05) is 206 Å². The average Bonchev–Trinajstić information content (AvgIpc) is 1.55. The van der Waals surface area contributed by atoms with E-state index in [2.05, 4.69) is 134 Å². The molecule has 2 heterocycles. The normalized spacial score (nSPS) is 15.2. The third-order valence-electron chi connectivity index (χ3n) is 24.1. The lowest BCUT2D eigenvalue weighted by Gasteiger charge is -2.35. The fourth-order valence-corrected chi connectivity index (χ4v) is 18.7. The van der Waals surface area contributed by atoms with Crippen molar-refractivity contribution in [2.45, 2.75) is 30.1 Å². The average molecular weight is 1530 g/mol. The highest BCUT2D eigenvalue weighted by molar-refractivity contribution is 6.08. The summed E-state index contributed by atoms with van der Waals surface area (Å²) in [5.74, 6) is -6.19. The molecule has 0 spiro atoms. The zero-order valence-electron chi connectivity index (χ0n) is 63.0. The van der Waals surface area contributed by atoms with Crippen LogP contribution >= 0.6 is 0 Å². The quantitative estimate of drug-likeness (QED) is 0.0710. The molecule has 0 N–H and O–H groups in total. The number of halogens is 6. The molecule has 0 saturated heterocycles. The maximum atomic E-state index is 16.3. The third kappa shape index (κ3) is 10.9. The summed E-state index contributed by atoms with van der Waals surface area (Å²) < 4.78 is 123. The third-order valence-corrected chi connectivity index (χ3v) is 24.1. The van der Waals surface area contributed by atoms with Gasteiger partial charge < -0.3 is 28.1 Å². The summed E-state index contributed by atoms with van der Waals surface area (Å²) in [6, 6.07) is 104. The van der Waals surface area contributed by atoms with Gasteiger partial charge in [-0.1, -0.05) is 197 Å². The van der Waals surface area contributed by atoms with Crippen LogP contribution in [-0.2, 0) is 16.2 Å². The largest absolute Gasteiger partial charge is 0.457 e. The summed E-state index contributed by atoms with van der Waals surface area (Å²) in [6.45, 7) is 12.2. The van der Waals surface area contributed by atoms with Crippen molar-refractivity contribution in [3.05, 3.63) is 442 Å². The van der Waals surface area contributed by atoms with E-state index in [1.54, 1.807) is 12.2 Å². The minimum atomic E-state index is -1.57. The van der Waals surface area contributed by atoms with Crippen LogP contribution in [0.1, 0.15) is 80.6 Å². The van der Waals surface area contributed by atoms with E-state index in [-0.39, 0.29) is 11.1 Å². The van der Waals surface area contributed by atoms with Crippen LogP contribution in [-0.4, -0.2) is 0 Å². The molecule has 0 saturated carbocycles. The van der Waals surface area contributed by atoms with Crippen molar-refractivity contribution in [1.82, 2.24) is 0 Å². The van der Waals surface area contributed by atoms with Gasteiger partial charge in [-0.05, 0) is 258 Å². The minimum Gasteiger partial charge on any atom is -0.457 e. The summed E-state index contributed by atoms with van der Waals surface area (Å²) in [5.41, 5.74) is 17.5. The highest BCUT2D eigenvalue weighted by Gasteiger charge is 2.50. The predicted octanol–water partition coefficient (Wildman–Crippen LogP) is 29.2. The number of benzene rings is 16. The fraction of sp³-hybridized carbons (Fsp3) is 0.0476. The van der Waals surface area contributed by atoms with Crippen LogP contribution in [0, 0.1) is 34.9 Å². The highest BCUT2D eigenvalue weighted by Crippen LogP contribution is 2.62. The smallest absolute Gasteiger partial charge is 0.194 e. The lowest BCUT2D eigenvalue weighted by molar-refractivity contribution is 0.443. The van der Waals surface area contributed by atoms with Crippen LogP contribution in [0.15, 0.2) is 350 Å². The number of anilines is 6. The van der Waals surface area contributed by atoms with E-state index in [0.29, 0.717) is 67.8 Å². The van der Waals surface area contributed by atoms with Gasteiger partial charge in [-0.25, -0.2) is 26.3 Å². The van der Waals surface area contributed by atoms with Crippen LogP contribution in [0.5, 0.6) is 23.0 Å². The second-order valence-corrected chi connectivity index (χ2v) is 30.7. The Morgan fingerprint density at radius 2 is 0.564 bits per heavy atom. The second-order valence-electron chi connectivity index (χ2n) is 30.7. The zero-order valence-corrected chi connectivity index (χ0v) is 63.0. The van der Waals surface area contributed by atoms with Gasteiger partial charge in [-0.3, -0.25) is 0 Å². The van der Waals surface area contributed by atoms with Crippen molar-refractivity contribution >= 4 is 90.2 Å². The van der Waals surface area contributed by atoms with E-state index >= 15 is 26.3 Å². The molecule has 0 aliphatic heterocycles. The standard InChI is InChI=1S/C105H66F6N2O4/c1-5-61-23-37-73(38-24-61)114-75-41-27-63(28-42-75)104(65-51-93(106)101(110)94(107)52-65)87-19-11-7-15-77(87)81-47-33-69(57-91(81)104)112(71-35-49-85-83-17-9-13-21-97(83)116-99(85)59-71)67-31-45-79-80-46-32-68(56-90(80)103(3,4)89(79)55-67)113(72-36-50-86-84-18-10-14-22-98(84)117-100(86)60-72)70-34-48-82-78-16-8-12-20-88(78)105(92(82)58-70,66-53-95(108)102(111)96(109)54-66)64-29-43-76(44-30-64)115-74-39-25-62(6-2)26-40-74/h5-60H,1-2H2,3-4H3. The van der Waals surface area contributed by atoms with Gasteiger partial charge in [0.05, 0.1) is 10.8 Å². The molecular weight excluding hydrogens is 1470 g/mol. The Labute approximate surface area is 669 Å². The molecule has 0 bridgehead atoms. The molecule has 21 rings (SSSR count). The van der Waals surface area contributed by atoms with Crippen LogP contribution in [0.3, 0.4) is 0 Å². The molecule has 2 unspecified atom stereocenters. The van der Waals surface area contributed by atoms with Crippen LogP contribution in [0.2, 0.25) is 0 Å². The molecule has 562 valence electrons. The fourth-order valence-electron chi connectivity index (χ4n) is 18.7. The summed E-state index contributed by atoms with van der Waals surface area (Å²) in [5, 5.41) is 3.78. The lowest BCUT2D eigenvalue weighted by atomic mass is 9.67. The van der Waals surface area contributed by atoms with E-state index in [0.717, 1.165) is 146 Å². The van der Waals surface area contributed by atoms with Gasteiger partial charge in [-0.2, -0.15) is 0 Å². The second kappa shape index (κ2) is 26.8. The first-order valence-electron chi connectivity index (χ1n) is 38.6. The summed E-state index contributed by atoms with van der Waals surface area (Å²) in [6.07, 6.45) is 3.51. The van der Waals surface area contributed by atoms with Crippen molar-refractivity contribution in [2.24, 2.45) is 0 Å². The van der Waals surface area contributed by atoms with Crippen LogP contribution < -0.4 is 19.3 Å². The summed E-state index contributed by atoms with van der Waals surface area (Å²) >= 11 is 0. The first-order valence-corrected chi connectivity index (χ1v) is 38.6. The number of nitrogens with zero attached hydrogens (tertiary/aromatic N) is 2. The Morgan fingerprint density at radius 1 is 0.274 bits per heavy atom. The highest BCUT2D eigenvalue weighted by atomic mass is 19.2. The van der Waals surface area contributed by atoms with Crippen molar-refractivity contribution in [1.29, 1.82) is 0 Å². The molecule has 0 radical (unpaired) electrons. The van der Waals surface area contributed by atoms with Crippen molar-refractivity contribution in [2.75, 3.05) is 9.80 Å². The molecule has 3 aliphatic carbocycles. The Kier molecular flexibility index (Phi) is 16.1. The summed E-state index contributed by atoms with van der Waals surface area (Å²) in [7, 11) is 0. The van der Waals surface area contributed by atoms with Crippen molar-refractivity contribution < 1.29 is 44.7 Å². The van der Waals surface area contributed by atoms with Crippen molar-refractivity contribution in [3.8, 4) is 56.4 Å². The van der Waals surface area contributed by atoms with Crippen LogP contribution in [0.25, 0.3) is 89.4 Å². The first kappa shape index (κ1) is 70.3. The molecule has 0 amide bonds. The first-order chi connectivity index (χ1) is 57.0. The zero-order chi connectivity index (χ0) is 79.3. The monoisotopic (exact) mass is 1530 g/mol. The van der Waals surface area contributed by atoms with Gasteiger partial charge in [0.2, 0.25) is 0 Å². The number of ether oxygens (including phenoxy) is 2. The van der Waals surface area contributed by atoms with Gasteiger partial charge >= 0.3 is 0 Å². The molecule has 16 aromatic carbocycles. The van der Waals surface area contributed by atoms with Crippen molar-refractivity contribution in [3.63, 3.8) is 0 Å². The molecule has 18 aromatic rings. The predicted molar refractivity (Wildman–Crippen MR) is 455 cm³/mol. The molecule has 2 atom stereocenters. The van der Waals surface area contributed by atoms with E-state index in [1.165, 1.54) is 0 Å². The van der Waals surface area contributed by atoms with E-state index in [9.17, 15) is 0 Å². The number of hydrogen-bond donors (Lipinski definition) is 0. The topological polar surface area (TPSA) is 51.2 Å². The van der Waals surface area contributed by atoms with E-state index in [4.69, 9.17) is 18.3 Å². The van der Waals surface area contributed by atoms with Gasteiger partial charge in [-0.15, -0.1) is 0 Å². The molecule has 0 fully saturated rings. The van der Waals surface area contributed by atoms with Gasteiger partial charge in [0.25, 0.3) is 0 Å². The maximum absolute atomic E-state index is 16.3. The Bertz CT molecular complexity index is 6720. The molecule has 2 aromatic heterocycles. The molecular formula is C105H66F6N2O4. The van der Waals surface area contributed by atoms with Gasteiger partial charge in [0.15, 0.2) is 34.9 Å². The van der Waals surface area contributed by atoms with Gasteiger partial charge in [0.1, 0.15) is 45.3 Å². The van der Waals surface area contributed by atoms with E-state index < -0.39 is 51.1 Å². The molecule has 6 nitrogen and oxygen atoms in total.